The molecule has 0 aromatic heterocycles. The third-order valence-electron chi connectivity index (χ3n) is 2.60. The maximum absolute atomic E-state index is 2.31. The Morgan fingerprint density at radius 2 is 1.37 bits per heavy atom. The molecule has 1 aromatic rings. The third-order valence-corrected chi connectivity index (χ3v) is 2.60. The molecule has 2 rings (SSSR count). The summed E-state index contributed by atoms with van der Waals surface area (Å²) in [5.74, 6) is 0.509. The van der Waals surface area contributed by atoms with Crippen molar-refractivity contribution >= 4 is 5.57 Å². The lowest BCUT2D eigenvalue weighted by molar-refractivity contribution is 0.936. The Morgan fingerprint density at radius 3 is 1.95 bits per heavy atom. The van der Waals surface area contributed by atoms with E-state index in [1.54, 1.807) is 0 Å². The summed E-state index contributed by atoms with van der Waals surface area (Å²) in [5, 5.41) is 0. The fourth-order valence-corrected chi connectivity index (χ4v) is 1.90. The molecule has 0 aliphatic heterocycles. The zero-order valence-corrected chi connectivity index (χ0v) is 13.3. The van der Waals surface area contributed by atoms with E-state index in [9.17, 15) is 0 Å². The minimum absolute atomic E-state index is 0.509. The molecular formula is C19H28. The first-order valence-electron chi connectivity index (χ1n) is 7.39. The van der Waals surface area contributed by atoms with Crippen LogP contribution in [0.5, 0.6) is 0 Å². The van der Waals surface area contributed by atoms with Crippen LogP contribution in [-0.4, -0.2) is 0 Å². The molecule has 1 aliphatic rings. The van der Waals surface area contributed by atoms with Gasteiger partial charge in [-0.2, -0.15) is 0 Å². The number of benzene rings is 1. The Kier molecular flexibility index (Phi) is 9.52. The summed E-state index contributed by atoms with van der Waals surface area (Å²) < 4.78 is 0. The fraction of sp³-hybridized carbons (Fsp3) is 0.368. The first kappa shape index (κ1) is 17.4. The van der Waals surface area contributed by atoms with Crippen molar-refractivity contribution in [3.63, 3.8) is 0 Å². The SMILES string of the molecule is CC.CC.CC1=CC(C)C=C(c2ccccc2)C=C1. The zero-order chi connectivity index (χ0) is 14.7. The molecule has 1 atom stereocenters. The molecule has 0 heteroatoms. The van der Waals surface area contributed by atoms with Gasteiger partial charge in [-0.25, -0.2) is 0 Å². The van der Waals surface area contributed by atoms with Gasteiger partial charge in [-0.3, -0.25) is 0 Å². The van der Waals surface area contributed by atoms with E-state index >= 15 is 0 Å². The molecule has 1 unspecified atom stereocenters. The smallest absolute Gasteiger partial charge is 0.00670 e. The van der Waals surface area contributed by atoms with Crippen LogP contribution in [0.3, 0.4) is 0 Å². The molecule has 0 bridgehead atoms. The van der Waals surface area contributed by atoms with Gasteiger partial charge >= 0.3 is 0 Å². The average Bonchev–Trinajstić information content (AvgIpc) is 2.65. The van der Waals surface area contributed by atoms with Crippen molar-refractivity contribution in [3.8, 4) is 0 Å². The molecule has 104 valence electrons. The Hall–Kier alpha value is -1.56. The lowest BCUT2D eigenvalue weighted by Crippen LogP contribution is -1.85. The second-order valence-electron chi connectivity index (χ2n) is 4.09. The molecule has 0 spiro atoms. The third kappa shape index (κ3) is 6.24. The van der Waals surface area contributed by atoms with Crippen LogP contribution in [0.4, 0.5) is 0 Å². The molecule has 0 amide bonds. The normalized spacial score (nSPS) is 16.8. The Labute approximate surface area is 119 Å². The lowest BCUT2D eigenvalue weighted by Gasteiger charge is -2.03. The van der Waals surface area contributed by atoms with Crippen molar-refractivity contribution in [1.29, 1.82) is 0 Å². The molecule has 1 aliphatic carbocycles. The van der Waals surface area contributed by atoms with Gasteiger partial charge in [0.2, 0.25) is 0 Å². The highest BCUT2D eigenvalue weighted by atomic mass is 14.1. The molecule has 19 heavy (non-hydrogen) atoms. The molecule has 0 fully saturated rings. The molecular weight excluding hydrogens is 228 g/mol. The van der Waals surface area contributed by atoms with Crippen LogP contribution in [0, 0.1) is 5.92 Å². The van der Waals surface area contributed by atoms with E-state index in [0.717, 1.165) is 0 Å². The summed E-state index contributed by atoms with van der Waals surface area (Å²) in [6, 6.07) is 10.5. The molecule has 0 heterocycles. The summed E-state index contributed by atoms with van der Waals surface area (Å²) >= 11 is 0. The summed E-state index contributed by atoms with van der Waals surface area (Å²) in [4.78, 5) is 0. The topological polar surface area (TPSA) is 0 Å². The molecule has 0 radical (unpaired) electrons. The maximum atomic E-state index is 2.31. The number of hydrogen-bond acceptors (Lipinski definition) is 0. The van der Waals surface area contributed by atoms with Crippen LogP contribution in [0.1, 0.15) is 47.1 Å². The largest absolute Gasteiger partial charge is 0.0749 e. The number of allylic oxidation sites excluding steroid dienone is 6. The molecule has 1 aromatic carbocycles. The second-order valence-corrected chi connectivity index (χ2v) is 4.09. The predicted molar refractivity (Wildman–Crippen MR) is 89.2 cm³/mol. The lowest BCUT2D eigenvalue weighted by atomic mass is 10.0. The van der Waals surface area contributed by atoms with E-state index in [1.807, 2.05) is 27.7 Å². The highest BCUT2D eigenvalue weighted by Crippen LogP contribution is 2.22. The molecule has 0 N–H and O–H groups in total. The first-order chi connectivity index (χ1) is 9.25. The van der Waals surface area contributed by atoms with Gasteiger partial charge in [-0.1, -0.05) is 94.8 Å². The highest BCUT2D eigenvalue weighted by Gasteiger charge is 2.03. The van der Waals surface area contributed by atoms with Gasteiger partial charge in [0.25, 0.3) is 0 Å². The van der Waals surface area contributed by atoms with Gasteiger partial charge in [0.15, 0.2) is 0 Å². The van der Waals surface area contributed by atoms with Crippen LogP contribution >= 0.6 is 0 Å². The fourth-order valence-electron chi connectivity index (χ4n) is 1.90. The monoisotopic (exact) mass is 256 g/mol. The van der Waals surface area contributed by atoms with E-state index < -0.39 is 0 Å². The van der Waals surface area contributed by atoms with E-state index in [1.165, 1.54) is 16.7 Å². The van der Waals surface area contributed by atoms with Crippen LogP contribution < -0.4 is 0 Å². The first-order valence-corrected chi connectivity index (χ1v) is 7.39. The van der Waals surface area contributed by atoms with E-state index in [-0.39, 0.29) is 0 Å². The van der Waals surface area contributed by atoms with Crippen molar-refractivity contribution in [3.05, 3.63) is 65.8 Å². The summed E-state index contributed by atoms with van der Waals surface area (Å²) in [5.41, 5.74) is 3.95. The van der Waals surface area contributed by atoms with Gasteiger partial charge in [-0.15, -0.1) is 0 Å². The van der Waals surface area contributed by atoms with Crippen molar-refractivity contribution in [1.82, 2.24) is 0 Å². The standard InChI is InChI=1S/C15H16.2C2H6/c1-12-8-9-15(11-13(2)10-12)14-6-4-3-5-7-14;2*1-2/h3-11,13H,1-2H3;2*1-2H3. The second kappa shape index (κ2) is 10.4. The van der Waals surface area contributed by atoms with Crippen molar-refractivity contribution < 1.29 is 0 Å². The van der Waals surface area contributed by atoms with Crippen LogP contribution in [0.15, 0.2) is 60.2 Å². The Morgan fingerprint density at radius 1 is 0.789 bits per heavy atom. The predicted octanol–water partition coefficient (Wildman–Crippen LogP) is 6.27. The van der Waals surface area contributed by atoms with Gasteiger partial charge in [0.1, 0.15) is 0 Å². The highest BCUT2D eigenvalue weighted by molar-refractivity contribution is 5.75. The molecule has 0 saturated carbocycles. The number of hydrogen-bond donors (Lipinski definition) is 0. The number of rotatable bonds is 1. The van der Waals surface area contributed by atoms with E-state index in [0.29, 0.717) is 5.92 Å². The van der Waals surface area contributed by atoms with Crippen LogP contribution in [-0.2, 0) is 0 Å². The molecule has 0 saturated heterocycles. The summed E-state index contributed by atoms with van der Waals surface area (Å²) in [6.07, 6.45) is 8.97. The van der Waals surface area contributed by atoms with Gasteiger partial charge in [0, 0.05) is 0 Å². The Bertz CT molecular complexity index is 419. The van der Waals surface area contributed by atoms with Crippen molar-refractivity contribution in [2.75, 3.05) is 0 Å². The van der Waals surface area contributed by atoms with E-state index in [4.69, 9.17) is 0 Å². The average molecular weight is 256 g/mol. The summed E-state index contributed by atoms with van der Waals surface area (Å²) in [7, 11) is 0. The van der Waals surface area contributed by atoms with Crippen molar-refractivity contribution in [2.45, 2.75) is 41.5 Å². The minimum atomic E-state index is 0.509. The van der Waals surface area contributed by atoms with Gasteiger partial charge < -0.3 is 0 Å². The van der Waals surface area contributed by atoms with Gasteiger partial charge in [0.05, 0.1) is 0 Å². The van der Waals surface area contributed by atoms with Crippen LogP contribution in [0.2, 0.25) is 0 Å². The molecule has 0 nitrogen and oxygen atoms in total. The van der Waals surface area contributed by atoms with Crippen LogP contribution in [0.25, 0.3) is 5.57 Å². The quantitative estimate of drug-likeness (QED) is 0.555. The maximum Gasteiger partial charge on any atom is -0.00670 e. The Balaban J connectivity index is 0.000000741. The van der Waals surface area contributed by atoms with Crippen molar-refractivity contribution in [2.24, 2.45) is 5.92 Å². The van der Waals surface area contributed by atoms with Gasteiger partial charge in [-0.05, 0) is 24.0 Å². The minimum Gasteiger partial charge on any atom is -0.0749 e. The zero-order valence-electron chi connectivity index (χ0n) is 13.3. The van der Waals surface area contributed by atoms with E-state index in [2.05, 4.69) is 68.5 Å². The summed E-state index contributed by atoms with van der Waals surface area (Å²) in [6.45, 7) is 12.4.